The van der Waals surface area contributed by atoms with Crippen molar-refractivity contribution in [3.63, 3.8) is 0 Å². The molecular formula is C17H22ClN3O3S. The fourth-order valence-electron chi connectivity index (χ4n) is 2.09. The maximum absolute atomic E-state index is 12.0. The highest BCUT2D eigenvalue weighted by molar-refractivity contribution is 7.16. The topological polar surface area (TPSA) is 94.3 Å². The predicted octanol–water partition coefficient (Wildman–Crippen LogP) is 3.01. The molecule has 25 heavy (non-hydrogen) atoms. The second-order valence-corrected chi connectivity index (χ2v) is 6.56. The third-order valence-electron chi connectivity index (χ3n) is 3.35. The minimum Gasteiger partial charge on any atom is -0.469 e. The Labute approximate surface area is 157 Å². The zero-order valence-corrected chi connectivity index (χ0v) is 15.8. The standard InChI is InChI=1S/C17H21N3O3S.ClH/c1-11(18)8-9-14(21)19-17-20-16(12-6-4-3-5-7-12)13(24-17)10-15(22)23-2;/h3-7,11H,8-10,18H2,1-2H3,(H,19,20,21);1H. The van der Waals surface area contributed by atoms with Crippen LogP contribution >= 0.6 is 23.7 Å². The average Bonchev–Trinajstić information content (AvgIpc) is 2.95. The lowest BCUT2D eigenvalue weighted by atomic mass is 10.1. The Kier molecular flexibility index (Phi) is 8.54. The van der Waals surface area contributed by atoms with E-state index in [1.807, 2.05) is 37.3 Å². The summed E-state index contributed by atoms with van der Waals surface area (Å²) in [5.41, 5.74) is 7.24. The summed E-state index contributed by atoms with van der Waals surface area (Å²) >= 11 is 1.29. The number of carbonyl (C=O) groups excluding carboxylic acids is 2. The quantitative estimate of drug-likeness (QED) is 0.716. The number of hydrogen-bond acceptors (Lipinski definition) is 6. The van der Waals surface area contributed by atoms with Crippen LogP contribution in [0.5, 0.6) is 0 Å². The molecule has 0 aliphatic rings. The number of benzene rings is 1. The molecule has 0 aliphatic heterocycles. The Morgan fingerprint density at radius 3 is 2.60 bits per heavy atom. The van der Waals surface area contributed by atoms with Crippen molar-refractivity contribution in [3.05, 3.63) is 35.2 Å². The zero-order valence-electron chi connectivity index (χ0n) is 14.2. The first-order valence-corrected chi connectivity index (χ1v) is 8.48. The van der Waals surface area contributed by atoms with Crippen molar-refractivity contribution in [2.24, 2.45) is 5.73 Å². The van der Waals surface area contributed by atoms with Crippen molar-refractivity contribution in [3.8, 4) is 11.3 Å². The van der Waals surface area contributed by atoms with Gasteiger partial charge in [-0.15, -0.1) is 23.7 Å². The van der Waals surface area contributed by atoms with Crippen LogP contribution in [-0.4, -0.2) is 30.0 Å². The van der Waals surface area contributed by atoms with E-state index in [0.717, 1.165) is 10.4 Å². The fraction of sp³-hybridized carbons (Fsp3) is 0.353. The third kappa shape index (κ3) is 6.45. The van der Waals surface area contributed by atoms with Gasteiger partial charge in [-0.05, 0) is 13.3 Å². The largest absolute Gasteiger partial charge is 0.469 e. The molecule has 1 unspecified atom stereocenters. The van der Waals surface area contributed by atoms with E-state index in [0.29, 0.717) is 23.7 Å². The van der Waals surface area contributed by atoms with E-state index in [1.165, 1.54) is 18.4 Å². The van der Waals surface area contributed by atoms with Crippen molar-refractivity contribution < 1.29 is 14.3 Å². The van der Waals surface area contributed by atoms with Crippen molar-refractivity contribution in [2.45, 2.75) is 32.2 Å². The molecule has 6 nitrogen and oxygen atoms in total. The molecule has 1 atom stereocenters. The van der Waals surface area contributed by atoms with Gasteiger partial charge in [0.25, 0.3) is 0 Å². The van der Waals surface area contributed by atoms with Crippen LogP contribution in [0, 0.1) is 0 Å². The van der Waals surface area contributed by atoms with Crippen LogP contribution in [0.25, 0.3) is 11.3 Å². The van der Waals surface area contributed by atoms with Crippen LogP contribution in [0.1, 0.15) is 24.6 Å². The molecule has 0 saturated carbocycles. The van der Waals surface area contributed by atoms with Gasteiger partial charge in [0.15, 0.2) is 5.13 Å². The molecule has 136 valence electrons. The average molecular weight is 384 g/mol. The number of thiazole rings is 1. The minimum atomic E-state index is -0.342. The highest BCUT2D eigenvalue weighted by Gasteiger charge is 2.17. The summed E-state index contributed by atoms with van der Waals surface area (Å²) in [5.74, 6) is -0.476. The van der Waals surface area contributed by atoms with Gasteiger partial charge in [-0.25, -0.2) is 4.98 Å². The van der Waals surface area contributed by atoms with Crippen molar-refractivity contribution in [1.29, 1.82) is 0 Å². The Bertz CT molecular complexity index is 704. The van der Waals surface area contributed by atoms with E-state index < -0.39 is 0 Å². The van der Waals surface area contributed by atoms with Crippen LogP contribution in [0.3, 0.4) is 0 Å². The van der Waals surface area contributed by atoms with Gasteiger partial charge in [0.2, 0.25) is 5.91 Å². The molecule has 0 fully saturated rings. The highest BCUT2D eigenvalue weighted by Crippen LogP contribution is 2.31. The van der Waals surface area contributed by atoms with Crippen molar-refractivity contribution >= 4 is 40.8 Å². The molecule has 8 heteroatoms. The van der Waals surface area contributed by atoms with Gasteiger partial charge >= 0.3 is 5.97 Å². The molecule has 0 radical (unpaired) electrons. The normalized spacial score (nSPS) is 11.3. The number of nitrogens with two attached hydrogens (primary N) is 1. The van der Waals surface area contributed by atoms with Gasteiger partial charge in [0.1, 0.15) is 0 Å². The van der Waals surface area contributed by atoms with Crippen LogP contribution in [0.4, 0.5) is 5.13 Å². The Balaban J connectivity index is 0.00000312. The number of rotatable bonds is 7. The molecule has 2 aromatic rings. The number of amides is 1. The Hall–Kier alpha value is -1.96. The summed E-state index contributed by atoms with van der Waals surface area (Å²) in [7, 11) is 1.35. The number of nitrogens with zero attached hydrogens (tertiary/aromatic N) is 1. The molecule has 0 bridgehead atoms. The molecule has 0 aliphatic carbocycles. The lowest BCUT2D eigenvalue weighted by Gasteiger charge is -2.04. The summed E-state index contributed by atoms with van der Waals surface area (Å²) in [6, 6.07) is 9.51. The molecule has 0 spiro atoms. The first-order valence-electron chi connectivity index (χ1n) is 7.67. The minimum absolute atomic E-state index is 0. The van der Waals surface area contributed by atoms with E-state index in [4.69, 9.17) is 10.5 Å². The summed E-state index contributed by atoms with van der Waals surface area (Å²) < 4.78 is 4.74. The van der Waals surface area contributed by atoms with E-state index in [1.54, 1.807) is 0 Å². The number of halogens is 1. The number of esters is 1. The number of hydrogen-bond donors (Lipinski definition) is 2. The molecule has 0 saturated heterocycles. The maximum atomic E-state index is 12.0. The van der Waals surface area contributed by atoms with Gasteiger partial charge in [-0.3, -0.25) is 9.59 Å². The first kappa shape index (κ1) is 21.1. The lowest BCUT2D eigenvalue weighted by Crippen LogP contribution is -2.19. The van der Waals surface area contributed by atoms with Crippen LogP contribution in [0.2, 0.25) is 0 Å². The number of carbonyl (C=O) groups is 2. The molecule has 1 amide bonds. The molecule has 1 heterocycles. The van der Waals surface area contributed by atoms with Crippen LogP contribution in [0.15, 0.2) is 30.3 Å². The number of methoxy groups -OCH3 is 1. The van der Waals surface area contributed by atoms with E-state index in [9.17, 15) is 9.59 Å². The van der Waals surface area contributed by atoms with Gasteiger partial charge in [-0.1, -0.05) is 30.3 Å². The van der Waals surface area contributed by atoms with E-state index in [2.05, 4.69) is 10.3 Å². The number of nitrogens with one attached hydrogen (secondary N) is 1. The van der Waals surface area contributed by atoms with Crippen LogP contribution < -0.4 is 11.1 Å². The second-order valence-electron chi connectivity index (χ2n) is 5.47. The molecule has 3 N–H and O–H groups in total. The fourth-order valence-corrected chi connectivity index (χ4v) is 3.08. The number of anilines is 1. The van der Waals surface area contributed by atoms with Gasteiger partial charge in [-0.2, -0.15) is 0 Å². The van der Waals surface area contributed by atoms with Crippen LogP contribution in [-0.2, 0) is 20.7 Å². The van der Waals surface area contributed by atoms with E-state index >= 15 is 0 Å². The van der Waals surface area contributed by atoms with Gasteiger partial charge < -0.3 is 15.8 Å². The molecule has 1 aromatic heterocycles. The monoisotopic (exact) mass is 383 g/mol. The molecule has 1 aromatic carbocycles. The third-order valence-corrected chi connectivity index (χ3v) is 4.32. The maximum Gasteiger partial charge on any atom is 0.310 e. The first-order chi connectivity index (χ1) is 11.5. The molecule has 2 rings (SSSR count). The lowest BCUT2D eigenvalue weighted by molar-refractivity contribution is -0.139. The second kappa shape index (κ2) is 10.1. The SMILES string of the molecule is COC(=O)Cc1sc(NC(=O)CCC(C)N)nc1-c1ccccc1.Cl. The number of aromatic nitrogens is 1. The summed E-state index contributed by atoms with van der Waals surface area (Å²) in [6.45, 7) is 1.86. The Morgan fingerprint density at radius 1 is 1.32 bits per heavy atom. The smallest absolute Gasteiger partial charge is 0.310 e. The van der Waals surface area contributed by atoms with Gasteiger partial charge in [0, 0.05) is 22.9 Å². The van der Waals surface area contributed by atoms with Gasteiger partial charge in [0.05, 0.1) is 19.2 Å². The van der Waals surface area contributed by atoms with Crippen molar-refractivity contribution in [2.75, 3.05) is 12.4 Å². The van der Waals surface area contributed by atoms with E-state index in [-0.39, 0.29) is 36.7 Å². The molecular weight excluding hydrogens is 362 g/mol. The predicted molar refractivity (Wildman–Crippen MR) is 102 cm³/mol. The zero-order chi connectivity index (χ0) is 17.5. The highest BCUT2D eigenvalue weighted by atomic mass is 35.5. The summed E-state index contributed by atoms with van der Waals surface area (Å²) in [4.78, 5) is 28.8. The summed E-state index contributed by atoms with van der Waals surface area (Å²) in [5, 5.41) is 3.25. The summed E-state index contributed by atoms with van der Waals surface area (Å²) in [6.07, 6.45) is 1.07. The van der Waals surface area contributed by atoms with Crippen molar-refractivity contribution in [1.82, 2.24) is 4.98 Å². The number of ether oxygens (including phenoxy) is 1. The Morgan fingerprint density at radius 2 is 2.00 bits per heavy atom.